The van der Waals surface area contributed by atoms with E-state index >= 15 is 0 Å². The summed E-state index contributed by atoms with van der Waals surface area (Å²) < 4.78 is 4.89. The van der Waals surface area contributed by atoms with E-state index < -0.39 is 6.04 Å². The molecule has 0 aliphatic rings. The summed E-state index contributed by atoms with van der Waals surface area (Å²) in [6.07, 6.45) is 0.769. The van der Waals surface area contributed by atoms with E-state index in [1.807, 2.05) is 26.0 Å². The standard InChI is InChI=1S/C15H24N2O2/c1-11-7-5-6-8-12(11)9-15(2,3)17-14(18)13(16)10-19-4/h5-8,13H,9-10,16H2,1-4H3,(H,17,18). The molecular weight excluding hydrogens is 240 g/mol. The summed E-state index contributed by atoms with van der Waals surface area (Å²) in [7, 11) is 1.53. The third-order valence-electron chi connectivity index (χ3n) is 3.04. The maximum atomic E-state index is 11.9. The number of amides is 1. The van der Waals surface area contributed by atoms with Crippen LogP contribution in [0.5, 0.6) is 0 Å². The first-order valence-electron chi connectivity index (χ1n) is 6.47. The number of carbonyl (C=O) groups excluding carboxylic acids is 1. The van der Waals surface area contributed by atoms with Crippen LogP contribution in [0.1, 0.15) is 25.0 Å². The van der Waals surface area contributed by atoms with Gasteiger partial charge in [0.15, 0.2) is 0 Å². The zero-order valence-electron chi connectivity index (χ0n) is 12.2. The molecule has 0 fully saturated rings. The Morgan fingerprint density at radius 3 is 2.63 bits per heavy atom. The summed E-state index contributed by atoms with van der Waals surface area (Å²) in [4.78, 5) is 11.9. The number of rotatable bonds is 6. The van der Waals surface area contributed by atoms with Crippen LogP contribution >= 0.6 is 0 Å². The second kappa shape index (κ2) is 6.68. The molecule has 1 unspecified atom stereocenters. The predicted octanol–water partition coefficient (Wildman–Crippen LogP) is 1.41. The fourth-order valence-corrected chi connectivity index (χ4v) is 2.01. The molecule has 1 rings (SSSR count). The third kappa shape index (κ3) is 5.01. The Labute approximate surface area is 115 Å². The van der Waals surface area contributed by atoms with Gasteiger partial charge in [-0.25, -0.2) is 0 Å². The molecule has 4 nitrogen and oxygen atoms in total. The molecule has 0 saturated carbocycles. The van der Waals surface area contributed by atoms with Crippen molar-refractivity contribution in [1.82, 2.24) is 5.32 Å². The lowest BCUT2D eigenvalue weighted by Crippen LogP contribution is -2.52. The van der Waals surface area contributed by atoms with Crippen molar-refractivity contribution in [1.29, 1.82) is 0 Å². The van der Waals surface area contributed by atoms with E-state index in [1.165, 1.54) is 18.2 Å². The Kier molecular flexibility index (Phi) is 5.51. The molecule has 0 bridgehead atoms. The monoisotopic (exact) mass is 264 g/mol. The minimum atomic E-state index is -0.624. The average Bonchev–Trinajstić information content (AvgIpc) is 2.31. The van der Waals surface area contributed by atoms with Gasteiger partial charge in [0.25, 0.3) is 0 Å². The first kappa shape index (κ1) is 15.7. The van der Waals surface area contributed by atoms with Crippen molar-refractivity contribution in [2.24, 2.45) is 5.73 Å². The van der Waals surface area contributed by atoms with E-state index in [1.54, 1.807) is 0 Å². The maximum absolute atomic E-state index is 11.9. The van der Waals surface area contributed by atoms with E-state index in [-0.39, 0.29) is 18.1 Å². The summed E-state index contributed by atoms with van der Waals surface area (Å²) in [5.74, 6) is -0.180. The van der Waals surface area contributed by atoms with Crippen molar-refractivity contribution in [2.75, 3.05) is 13.7 Å². The molecule has 1 aromatic carbocycles. The van der Waals surface area contributed by atoms with Gasteiger partial charge in [-0.2, -0.15) is 0 Å². The molecule has 1 atom stereocenters. The second-order valence-electron chi connectivity index (χ2n) is 5.54. The quantitative estimate of drug-likeness (QED) is 0.816. The molecule has 1 amide bonds. The van der Waals surface area contributed by atoms with Crippen molar-refractivity contribution >= 4 is 5.91 Å². The highest BCUT2D eigenvalue weighted by atomic mass is 16.5. The van der Waals surface area contributed by atoms with Crippen LogP contribution in [0.2, 0.25) is 0 Å². The molecule has 0 radical (unpaired) electrons. The van der Waals surface area contributed by atoms with Gasteiger partial charge in [0.1, 0.15) is 6.04 Å². The van der Waals surface area contributed by atoms with Crippen LogP contribution < -0.4 is 11.1 Å². The minimum Gasteiger partial charge on any atom is -0.383 e. The summed E-state index contributed by atoms with van der Waals surface area (Å²) in [6, 6.07) is 7.55. The van der Waals surface area contributed by atoms with Gasteiger partial charge in [0.2, 0.25) is 5.91 Å². The first-order chi connectivity index (χ1) is 8.85. The SMILES string of the molecule is COCC(N)C(=O)NC(C)(C)Cc1ccccc1C. The molecule has 0 heterocycles. The Morgan fingerprint density at radius 2 is 2.05 bits per heavy atom. The zero-order valence-corrected chi connectivity index (χ0v) is 12.2. The van der Waals surface area contributed by atoms with Crippen molar-refractivity contribution in [3.63, 3.8) is 0 Å². The highest BCUT2D eigenvalue weighted by molar-refractivity contribution is 5.82. The molecule has 0 aliphatic carbocycles. The van der Waals surface area contributed by atoms with Gasteiger partial charge in [0.05, 0.1) is 6.61 Å². The molecule has 0 aromatic heterocycles. The van der Waals surface area contributed by atoms with Gasteiger partial charge in [-0.15, -0.1) is 0 Å². The number of nitrogens with two attached hydrogens (primary N) is 1. The van der Waals surface area contributed by atoms with Crippen LogP contribution in [-0.2, 0) is 16.0 Å². The molecule has 106 valence electrons. The van der Waals surface area contributed by atoms with Crippen LogP contribution in [0.25, 0.3) is 0 Å². The number of ether oxygens (including phenoxy) is 1. The predicted molar refractivity (Wildman–Crippen MR) is 77.0 cm³/mol. The normalized spacial score (nSPS) is 13.1. The van der Waals surface area contributed by atoms with Crippen molar-refractivity contribution in [3.05, 3.63) is 35.4 Å². The fourth-order valence-electron chi connectivity index (χ4n) is 2.01. The summed E-state index contributed by atoms with van der Waals surface area (Å²) in [5, 5.41) is 2.97. The lowest BCUT2D eigenvalue weighted by molar-refractivity contribution is -0.125. The average molecular weight is 264 g/mol. The highest BCUT2D eigenvalue weighted by Crippen LogP contribution is 2.16. The molecule has 19 heavy (non-hydrogen) atoms. The topological polar surface area (TPSA) is 64.3 Å². The smallest absolute Gasteiger partial charge is 0.239 e. The van der Waals surface area contributed by atoms with Gasteiger partial charge < -0.3 is 15.8 Å². The molecule has 1 aromatic rings. The van der Waals surface area contributed by atoms with Gasteiger partial charge in [-0.1, -0.05) is 24.3 Å². The summed E-state index contributed by atoms with van der Waals surface area (Å²) in [5.41, 5.74) is 7.84. The molecule has 0 spiro atoms. The maximum Gasteiger partial charge on any atom is 0.239 e. The van der Waals surface area contributed by atoms with Gasteiger partial charge >= 0.3 is 0 Å². The Balaban J connectivity index is 2.66. The van der Waals surface area contributed by atoms with Gasteiger partial charge in [0, 0.05) is 12.6 Å². The lowest BCUT2D eigenvalue weighted by atomic mass is 9.92. The number of methoxy groups -OCH3 is 1. The van der Waals surface area contributed by atoms with E-state index in [9.17, 15) is 4.79 Å². The van der Waals surface area contributed by atoms with Gasteiger partial charge in [-0.05, 0) is 38.3 Å². The number of hydrogen-bond donors (Lipinski definition) is 2. The lowest BCUT2D eigenvalue weighted by Gasteiger charge is -2.28. The number of carbonyl (C=O) groups is 1. The molecule has 0 aliphatic heterocycles. The fraction of sp³-hybridized carbons (Fsp3) is 0.533. The minimum absolute atomic E-state index is 0.180. The third-order valence-corrected chi connectivity index (χ3v) is 3.04. The van der Waals surface area contributed by atoms with E-state index in [2.05, 4.69) is 24.4 Å². The van der Waals surface area contributed by atoms with Crippen LogP contribution in [-0.4, -0.2) is 31.2 Å². The van der Waals surface area contributed by atoms with Crippen molar-refractivity contribution in [3.8, 4) is 0 Å². The number of benzene rings is 1. The largest absolute Gasteiger partial charge is 0.383 e. The van der Waals surface area contributed by atoms with Gasteiger partial charge in [-0.3, -0.25) is 4.79 Å². The number of aryl methyl sites for hydroxylation is 1. The van der Waals surface area contributed by atoms with E-state index in [0.29, 0.717) is 0 Å². The summed E-state index contributed by atoms with van der Waals surface area (Å²) in [6.45, 7) is 6.30. The Morgan fingerprint density at radius 1 is 1.42 bits per heavy atom. The number of hydrogen-bond acceptors (Lipinski definition) is 3. The number of nitrogens with one attached hydrogen (secondary N) is 1. The first-order valence-corrected chi connectivity index (χ1v) is 6.47. The van der Waals surface area contributed by atoms with E-state index in [4.69, 9.17) is 10.5 Å². The van der Waals surface area contributed by atoms with Crippen LogP contribution in [0.4, 0.5) is 0 Å². The van der Waals surface area contributed by atoms with Crippen LogP contribution in [0, 0.1) is 6.92 Å². The molecular formula is C15H24N2O2. The summed E-state index contributed by atoms with van der Waals surface area (Å²) >= 11 is 0. The zero-order chi connectivity index (χ0) is 14.5. The molecule has 3 N–H and O–H groups in total. The Hall–Kier alpha value is -1.39. The molecule has 0 saturated heterocycles. The van der Waals surface area contributed by atoms with Crippen LogP contribution in [0.15, 0.2) is 24.3 Å². The van der Waals surface area contributed by atoms with Crippen LogP contribution in [0.3, 0.4) is 0 Å². The Bertz CT molecular complexity index is 430. The van der Waals surface area contributed by atoms with Crippen molar-refractivity contribution < 1.29 is 9.53 Å². The van der Waals surface area contributed by atoms with Crippen molar-refractivity contribution in [2.45, 2.75) is 38.8 Å². The molecule has 4 heteroatoms. The second-order valence-corrected chi connectivity index (χ2v) is 5.54. The van der Waals surface area contributed by atoms with E-state index in [0.717, 1.165) is 6.42 Å². The highest BCUT2D eigenvalue weighted by Gasteiger charge is 2.24.